The summed E-state index contributed by atoms with van der Waals surface area (Å²) >= 11 is 3.31. The Hall–Kier alpha value is -0.470. The molecule has 1 rings (SSSR count). The number of aliphatic hydroxyl groups excluding tert-OH is 1. The molecule has 0 aliphatic carbocycles. The average Bonchev–Trinajstić information content (AvgIpc) is 2.24. The van der Waals surface area contributed by atoms with Crippen molar-refractivity contribution < 1.29 is 13.5 Å². The second-order valence-electron chi connectivity index (χ2n) is 3.55. The van der Waals surface area contributed by atoms with Gasteiger partial charge in [-0.3, -0.25) is 0 Å². The maximum absolute atomic E-state index is 11.2. The standard InChI is InChI=1S/C10H15BrN2O3S/c1-2-13(17(12,15)16)6-8-3-4-9(7-14)10(11)5-8/h3-5,14H,2,6-7H2,1H3,(H2,12,15,16). The van der Waals surface area contributed by atoms with E-state index in [2.05, 4.69) is 15.9 Å². The molecule has 0 aromatic heterocycles. The van der Waals surface area contributed by atoms with Crippen LogP contribution in [0.25, 0.3) is 0 Å². The molecule has 0 saturated carbocycles. The van der Waals surface area contributed by atoms with E-state index in [-0.39, 0.29) is 13.2 Å². The predicted molar refractivity (Wildman–Crippen MR) is 69.3 cm³/mol. The predicted octanol–water partition coefficient (Wildman–Crippen LogP) is 0.967. The molecule has 0 aliphatic rings. The van der Waals surface area contributed by atoms with Gasteiger partial charge in [0.05, 0.1) is 6.61 Å². The summed E-state index contributed by atoms with van der Waals surface area (Å²) in [6.07, 6.45) is 0. The summed E-state index contributed by atoms with van der Waals surface area (Å²) in [4.78, 5) is 0. The van der Waals surface area contributed by atoms with E-state index >= 15 is 0 Å². The van der Waals surface area contributed by atoms with Gasteiger partial charge in [-0.15, -0.1) is 0 Å². The van der Waals surface area contributed by atoms with Crippen LogP contribution in [0.3, 0.4) is 0 Å². The molecule has 1 aromatic rings. The van der Waals surface area contributed by atoms with Crippen molar-refractivity contribution in [3.63, 3.8) is 0 Å². The summed E-state index contributed by atoms with van der Waals surface area (Å²) in [6, 6.07) is 5.29. The quantitative estimate of drug-likeness (QED) is 0.847. The molecule has 1 aromatic carbocycles. The number of nitrogens with zero attached hydrogens (tertiary/aromatic N) is 1. The minimum Gasteiger partial charge on any atom is -0.392 e. The molecule has 96 valence electrons. The van der Waals surface area contributed by atoms with Gasteiger partial charge in [-0.2, -0.15) is 12.7 Å². The number of rotatable bonds is 5. The van der Waals surface area contributed by atoms with E-state index in [1.807, 2.05) is 0 Å². The van der Waals surface area contributed by atoms with Crippen LogP contribution in [-0.2, 0) is 23.4 Å². The van der Waals surface area contributed by atoms with Gasteiger partial charge in [0.2, 0.25) is 0 Å². The van der Waals surface area contributed by atoms with Crippen LogP contribution in [0.5, 0.6) is 0 Å². The van der Waals surface area contributed by atoms with Crippen molar-refractivity contribution in [2.75, 3.05) is 6.54 Å². The highest BCUT2D eigenvalue weighted by Gasteiger charge is 2.15. The normalized spacial score (nSPS) is 12.1. The third-order valence-electron chi connectivity index (χ3n) is 2.36. The highest BCUT2D eigenvalue weighted by molar-refractivity contribution is 9.10. The molecule has 0 spiro atoms. The summed E-state index contributed by atoms with van der Waals surface area (Å²) in [7, 11) is -3.67. The second-order valence-corrected chi connectivity index (χ2v) is 5.96. The van der Waals surface area contributed by atoms with Crippen molar-refractivity contribution >= 4 is 26.1 Å². The summed E-state index contributed by atoms with van der Waals surface area (Å²) in [5.74, 6) is 0. The smallest absolute Gasteiger partial charge is 0.277 e. The van der Waals surface area contributed by atoms with Crippen LogP contribution in [0.2, 0.25) is 0 Å². The third-order valence-corrected chi connectivity index (χ3v) is 4.20. The molecule has 0 saturated heterocycles. The maximum Gasteiger partial charge on any atom is 0.277 e. The molecule has 0 bridgehead atoms. The second kappa shape index (κ2) is 5.92. The average molecular weight is 323 g/mol. The molecule has 0 unspecified atom stereocenters. The molecule has 0 aliphatic heterocycles. The highest BCUT2D eigenvalue weighted by Crippen LogP contribution is 2.20. The first-order chi connectivity index (χ1) is 7.88. The fourth-order valence-electron chi connectivity index (χ4n) is 1.40. The Labute approximate surface area is 110 Å². The Bertz CT molecular complexity index is 490. The van der Waals surface area contributed by atoms with Gasteiger partial charge in [0, 0.05) is 17.6 Å². The van der Waals surface area contributed by atoms with Gasteiger partial charge in [-0.05, 0) is 17.2 Å². The van der Waals surface area contributed by atoms with Gasteiger partial charge in [0.15, 0.2) is 0 Å². The minimum absolute atomic E-state index is 0.0620. The van der Waals surface area contributed by atoms with Crippen LogP contribution in [0, 0.1) is 0 Å². The van der Waals surface area contributed by atoms with Crippen molar-refractivity contribution in [3.05, 3.63) is 33.8 Å². The maximum atomic E-state index is 11.2. The Balaban J connectivity index is 2.92. The lowest BCUT2D eigenvalue weighted by atomic mass is 10.1. The lowest BCUT2D eigenvalue weighted by Gasteiger charge is -2.17. The fourth-order valence-corrected chi connectivity index (χ4v) is 2.64. The number of benzene rings is 1. The Morgan fingerprint density at radius 3 is 2.53 bits per heavy atom. The number of aliphatic hydroxyl groups is 1. The van der Waals surface area contributed by atoms with Gasteiger partial charge in [0.1, 0.15) is 0 Å². The highest BCUT2D eigenvalue weighted by atomic mass is 79.9. The molecule has 17 heavy (non-hydrogen) atoms. The first-order valence-electron chi connectivity index (χ1n) is 5.04. The van der Waals surface area contributed by atoms with E-state index in [4.69, 9.17) is 10.2 Å². The summed E-state index contributed by atoms with van der Waals surface area (Å²) in [6.45, 7) is 2.20. The summed E-state index contributed by atoms with van der Waals surface area (Å²) in [5, 5.41) is 14.1. The van der Waals surface area contributed by atoms with E-state index in [0.717, 1.165) is 15.6 Å². The zero-order valence-corrected chi connectivity index (χ0v) is 11.8. The molecule has 0 radical (unpaired) electrons. The lowest BCUT2D eigenvalue weighted by molar-refractivity contribution is 0.281. The van der Waals surface area contributed by atoms with E-state index in [1.54, 1.807) is 25.1 Å². The molecular formula is C10H15BrN2O3S. The van der Waals surface area contributed by atoms with Crippen molar-refractivity contribution in [1.82, 2.24) is 4.31 Å². The number of hydrogen-bond donors (Lipinski definition) is 2. The van der Waals surface area contributed by atoms with E-state index in [9.17, 15) is 8.42 Å². The van der Waals surface area contributed by atoms with Gasteiger partial charge < -0.3 is 5.11 Å². The first kappa shape index (κ1) is 14.6. The van der Waals surface area contributed by atoms with Crippen molar-refractivity contribution in [2.45, 2.75) is 20.1 Å². The molecule has 0 atom stereocenters. The number of halogens is 1. The Morgan fingerprint density at radius 2 is 2.12 bits per heavy atom. The third kappa shape index (κ3) is 4.04. The minimum atomic E-state index is -3.67. The van der Waals surface area contributed by atoms with Gasteiger partial charge in [0.25, 0.3) is 10.2 Å². The van der Waals surface area contributed by atoms with Crippen LogP contribution >= 0.6 is 15.9 Å². The van der Waals surface area contributed by atoms with Gasteiger partial charge in [-0.1, -0.05) is 35.0 Å². The molecule has 5 nitrogen and oxygen atoms in total. The monoisotopic (exact) mass is 322 g/mol. The number of nitrogens with two attached hydrogens (primary N) is 1. The first-order valence-corrected chi connectivity index (χ1v) is 7.34. The molecule has 0 amide bonds. The molecular weight excluding hydrogens is 308 g/mol. The van der Waals surface area contributed by atoms with Crippen LogP contribution in [0.4, 0.5) is 0 Å². The van der Waals surface area contributed by atoms with E-state index in [0.29, 0.717) is 6.54 Å². The van der Waals surface area contributed by atoms with Crippen LogP contribution in [0.1, 0.15) is 18.1 Å². The van der Waals surface area contributed by atoms with Crippen LogP contribution < -0.4 is 5.14 Å². The summed E-state index contributed by atoms with van der Waals surface area (Å²) in [5.41, 5.74) is 1.57. The SMILES string of the molecule is CCN(Cc1ccc(CO)c(Br)c1)S(N)(=O)=O. The number of hydrogen-bond acceptors (Lipinski definition) is 3. The zero-order chi connectivity index (χ0) is 13.1. The van der Waals surface area contributed by atoms with Crippen molar-refractivity contribution in [3.8, 4) is 0 Å². The van der Waals surface area contributed by atoms with Crippen LogP contribution in [0.15, 0.2) is 22.7 Å². The van der Waals surface area contributed by atoms with E-state index < -0.39 is 10.2 Å². The molecule has 0 heterocycles. The lowest BCUT2D eigenvalue weighted by Crippen LogP contribution is -2.35. The van der Waals surface area contributed by atoms with Gasteiger partial charge in [-0.25, -0.2) is 5.14 Å². The zero-order valence-electron chi connectivity index (χ0n) is 9.43. The summed E-state index contributed by atoms with van der Waals surface area (Å²) < 4.78 is 24.4. The van der Waals surface area contributed by atoms with Gasteiger partial charge >= 0.3 is 0 Å². The Morgan fingerprint density at radius 1 is 1.47 bits per heavy atom. The van der Waals surface area contributed by atoms with Crippen molar-refractivity contribution in [2.24, 2.45) is 5.14 Å². The molecule has 3 N–H and O–H groups in total. The largest absolute Gasteiger partial charge is 0.392 e. The molecule has 7 heteroatoms. The van der Waals surface area contributed by atoms with Crippen LogP contribution in [-0.4, -0.2) is 24.4 Å². The fraction of sp³-hybridized carbons (Fsp3) is 0.400. The van der Waals surface area contributed by atoms with E-state index in [1.165, 1.54) is 4.31 Å². The topological polar surface area (TPSA) is 83.6 Å². The van der Waals surface area contributed by atoms with Crippen molar-refractivity contribution in [1.29, 1.82) is 0 Å². The Kier molecular flexibility index (Phi) is 5.08. The molecule has 0 fully saturated rings.